The Morgan fingerprint density at radius 3 is 2.41 bits per heavy atom. The zero-order valence-electron chi connectivity index (χ0n) is 15.8. The Balaban J connectivity index is 1.20. The molecule has 0 atom stereocenters. The predicted molar refractivity (Wildman–Crippen MR) is 102 cm³/mol. The van der Waals surface area contributed by atoms with Gasteiger partial charge < -0.3 is 4.90 Å². The van der Waals surface area contributed by atoms with Gasteiger partial charge in [0.05, 0.1) is 0 Å². The maximum atomic E-state index is 12.9. The van der Waals surface area contributed by atoms with Crippen LogP contribution >= 0.6 is 0 Å². The number of rotatable bonds is 5. The summed E-state index contributed by atoms with van der Waals surface area (Å²) in [7, 11) is 0. The van der Waals surface area contributed by atoms with Gasteiger partial charge in [-0.2, -0.15) is 0 Å². The minimum Gasteiger partial charge on any atom is -0.340 e. The number of aromatic nitrogens is 4. The lowest BCUT2D eigenvalue weighted by molar-refractivity contribution is -0.138. The number of carbonyl (C=O) groups is 1. The summed E-state index contributed by atoms with van der Waals surface area (Å²) in [5.74, 6) is 1.16. The summed E-state index contributed by atoms with van der Waals surface area (Å²) in [6, 6.07) is 10.6. The summed E-state index contributed by atoms with van der Waals surface area (Å²) in [5.41, 5.74) is 1.35. The number of tetrazole rings is 1. The zero-order chi connectivity index (χ0) is 18.5. The van der Waals surface area contributed by atoms with Crippen molar-refractivity contribution in [2.75, 3.05) is 26.2 Å². The lowest BCUT2D eigenvalue weighted by atomic mass is 9.81. The molecule has 0 unspecified atom stereocenters. The lowest BCUT2D eigenvalue weighted by Gasteiger charge is -2.38. The first kappa shape index (κ1) is 18.1. The van der Waals surface area contributed by atoms with Crippen molar-refractivity contribution >= 4 is 5.91 Å². The van der Waals surface area contributed by atoms with Gasteiger partial charge in [-0.3, -0.25) is 9.69 Å². The number of nitrogens with zero attached hydrogens (tertiary/aromatic N) is 6. The fourth-order valence-electron chi connectivity index (χ4n) is 4.35. The number of benzene rings is 1. The van der Waals surface area contributed by atoms with Crippen LogP contribution in [-0.2, 0) is 17.9 Å². The van der Waals surface area contributed by atoms with Gasteiger partial charge in [-0.05, 0) is 47.6 Å². The third-order valence-corrected chi connectivity index (χ3v) is 5.97. The lowest BCUT2D eigenvalue weighted by Crippen LogP contribution is -2.50. The molecular formula is C20H28N6O. The highest BCUT2D eigenvalue weighted by atomic mass is 16.2. The number of piperazine rings is 1. The van der Waals surface area contributed by atoms with Crippen molar-refractivity contribution in [3.05, 3.63) is 42.2 Å². The first-order valence-corrected chi connectivity index (χ1v) is 10.0. The molecule has 2 fully saturated rings. The summed E-state index contributed by atoms with van der Waals surface area (Å²) in [6.07, 6.45) is 5.84. The second-order valence-electron chi connectivity index (χ2n) is 7.84. The van der Waals surface area contributed by atoms with E-state index in [1.54, 1.807) is 11.0 Å². The van der Waals surface area contributed by atoms with E-state index < -0.39 is 0 Å². The molecule has 0 radical (unpaired) electrons. The van der Waals surface area contributed by atoms with Gasteiger partial charge in [0.15, 0.2) is 0 Å². The monoisotopic (exact) mass is 368 g/mol. The molecule has 144 valence electrons. The highest BCUT2D eigenvalue weighted by Gasteiger charge is 2.31. The molecule has 2 aromatic rings. The highest BCUT2D eigenvalue weighted by molar-refractivity contribution is 5.79. The second kappa shape index (κ2) is 8.61. The Morgan fingerprint density at radius 2 is 1.74 bits per heavy atom. The maximum absolute atomic E-state index is 12.9. The normalized spacial score (nSPS) is 24.1. The van der Waals surface area contributed by atoms with Crippen LogP contribution in [0, 0.1) is 11.8 Å². The van der Waals surface area contributed by atoms with Crippen molar-refractivity contribution in [3.63, 3.8) is 0 Å². The molecule has 7 heteroatoms. The number of carbonyl (C=O) groups excluding carboxylic acids is 1. The molecule has 1 aromatic heterocycles. The Hall–Kier alpha value is -2.28. The van der Waals surface area contributed by atoms with E-state index in [-0.39, 0.29) is 5.92 Å². The Morgan fingerprint density at radius 1 is 1.00 bits per heavy atom. The van der Waals surface area contributed by atoms with Crippen LogP contribution < -0.4 is 0 Å². The number of hydrogen-bond acceptors (Lipinski definition) is 5. The third kappa shape index (κ3) is 4.71. The molecule has 1 saturated carbocycles. The quantitative estimate of drug-likeness (QED) is 0.805. The molecule has 2 aliphatic rings. The highest BCUT2D eigenvalue weighted by Crippen LogP contribution is 2.31. The molecule has 1 aromatic carbocycles. The smallest absolute Gasteiger partial charge is 0.225 e. The molecule has 0 bridgehead atoms. The van der Waals surface area contributed by atoms with Crippen LogP contribution in [0.3, 0.4) is 0 Å². The average Bonchev–Trinajstić information content (AvgIpc) is 3.22. The minimum atomic E-state index is 0.204. The SMILES string of the molecule is O=C(C1CCC(Cn2cnnn2)CC1)N1CCN(Cc2ccccc2)CC1. The van der Waals surface area contributed by atoms with E-state index in [1.807, 2.05) is 0 Å². The van der Waals surface area contributed by atoms with E-state index >= 15 is 0 Å². The van der Waals surface area contributed by atoms with Crippen LogP contribution in [-0.4, -0.2) is 62.1 Å². The van der Waals surface area contributed by atoms with Crippen molar-refractivity contribution in [1.29, 1.82) is 0 Å². The van der Waals surface area contributed by atoms with Crippen LogP contribution in [0.2, 0.25) is 0 Å². The molecule has 1 amide bonds. The van der Waals surface area contributed by atoms with Crippen LogP contribution in [0.15, 0.2) is 36.7 Å². The van der Waals surface area contributed by atoms with Gasteiger partial charge in [0.2, 0.25) is 5.91 Å². The summed E-state index contributed by atoms with van der Waals surface area (Å²) in [4.78, 5) is 17.4. The van der Waals surface area contributed by atoms with Gasteiger partial charge in [-0.25, -0.2) is 4.68 Å². The summed E-state index contributed by atoms with van der Waals surface area (Å²) in [6.45, 7) is 5.49. The standard InChI is InChI=1S/C20H28N6O/c27-20(19-8-6-18(7-9-19)15-26-16-21-22-23-26)25-12-10-24(11-13-25)14-17-4-2-1-3-5-17/h1-5,16,18-19H,6-15H2. The largest absolute Gasteiger partial charge is 0.340 e. The van der Waals surface area contributed by atoms with E-state index in [9.17, 15) is 4.79 Å². The van der Waals surface area contributed by atoms with Gasteiger partial charge in [0, 0.05) is 45.2 Å². The van der Waals surface area contributed by atoms with Crippen LogP contribution in [0.25, 0.3) is 0 Å². The first-order valence-electron chi connectivity index (χ1n) is 10.0. The molecule has 2 heterocycles. The van der Waals surface area contributed by atoms with Crippen LogP contribution in [0.4, 0.5) is 0 Å². The molecule has 4 rings (SSSR count). The van der Waals surface area contributed by atoms with Crippen LogP contribution in [0.1, 0.15) is 31.2 Å². The Labute approximate surface area is 160 Å². The van der Waals surface area contributed by atoms with Gasteiger partial charge >= 0.3 is 0 Å². The van der Waals surface area contributed by atoms with Crippen molar-refractivity contribution in [2.24, 2.45) is 11.8 Å². The summed E-state index contributed by atoms with van der Waals surface area (Å²) in [5, 5.41) is 11.3. The number of amides is 1. The van der Waals surface area contributed by atoms with Gasteiger partial charge in [0.25, 0.3) is 0 Å². The molecule has 1 saturated heterocycles. The van der Waals surface area contributed by atoms with Gasteiger partial charge in [0.1, 0.15) is 6.33 Å². The van der Waals surface area contributed by atoms with Crippen LogP contribution in [0.5, 0.6) is 0 Å². The van der Waals surface area contributed by atoms with E-state index in [0.29, 0.717) is 11.8 Å². The molecule has 0 spiro atoms. The molecule has 27 heavy (non-hydrogen) atoms. The summed E-state index contributed by atoms with van der Waals surface area (Å²) >= 11 is 0. The second-order valence-corrected chi connectivity index (χ2v) is 7.84. The third-order valence-electron chi connectivity index (χ3n) is 5.97. The average molecular weight is 368 g/mol. The van der Waals surface area contributed by atoms with E-state index in [1.165, 1.54) is 5.56 Å². The molecule has 7 nitrogen and oxygen atoms in total. The molecule has 0 N–H and O–H groups in total. The first-order chi connectivity index (χ1) is 13.3. The molecule has 1 aliphatic heterocycles. The predicted octanol–water partition coefficient (Wildman–Crippen LogP) is 1.82. The topological polar surface area (TPSA) is 67.2 Å². The van der Waals surface area contributed by atoms with E-state index in [0.717, 1.165) is 65.0 Å². The van der Waals surface area contributed by atoms with Crippen molar-refractivity contribution < 1.29 is 4.79 Å². The minimum absolute atomic E-state index is 0.204. The zero-order valence-corrected chi connectivity index (χ0v) is 15.8. The fourth-order valence-corrected chi connectivity index (χ4v) is 4.35. The summed E-state index contributed by atoms with van der Waals surface area (Å²) < 4.78 is 1.80. The van der Waals surface area contributed by atoms with Gasteiger partial charge in [-0.15, -0.1) is 5.10 Å². The van der Waals surface area contributed by atoms with Crippen molar-refractivity contribution in [1.82, 2.24) is 30.0 Å². The molecular weight excluding hydrogens is 340 g/mol. The maximum Gasteiger partial charge on any atom is 0.225 e. The van der Waals surface area contributed by atoms with Gasteiger partial charge in [-0.1, -0.05) is 30.3 Å². The number of hydrogen-bond donors (Lipinski definition) is 0. The Kier molecular flexibility index (Phi) is 5.77. The Bertz CT molecular complexity index is 703. The molecule has 1 aliphatic carbocycles. The fraction of sp³-hybridized carbons (Fsp3) is 0.600. The van der Waals surface area contributed by atoms with E-state index in [2.05, 4.69) is 55.7 Å². The van der Waals surface area contributed by atoms with E-state index in [4.69, 9.17) is 0 Å². The van der Waals surface area contributed by atoms with Crippen molar-refractivity contribution in [3.8, 4) is 0 Å². The van der Waals surface area contributed by atoms with Crippen molar-refractivity contribution in [2.45, 2.75) is 38.8 Å².